The van der Waals surface area contributed by atoms with Crippen molar-refractivity contribution in [2.24, 2.45) is 5.92 Å². The van der Waals surface area contributed by atoms with Crippen LogP contribution < -0.4 is 5.32 Å². The van der Waals surface area contributed by atoms with Crippen molar-refractivity contribution in [3.05, 3.63) is 141 Å². The second-order valence-corrected chi connectivity index (χ2v) is 11.7. The molecule has 5 rings (SSSR count). The van der Waals surface area contributed by atoms with Gasteiger partial charge in [-0.1, -0.05) is 74.9 Å². The Balaban J connectivity index is 1.39. The lowest BCUT2D eigenvalue weighted by Crippen LogP contribution is -2.49. The summed E-state index contributed by atoms with van der Waals surface area (Å²) in [5.41, 5.74) is 1.20. The SMILES string of the molecule is CC[C@H](C)[C@@H](CN(Cc1cccc2ccccc12)C(=O)c1c(F)cc(F)cc1F)NC(=O)Cc1cncn1Cc1ccc([N+](=O)[O-])cc1. The molecular weight excluding hydrogens is 623 g/mol. The highest BCUT2D eigenvalue weighted by Gasteiger charge is 2.29. The van der Waals surface area contributed by atoms with E-state index in [0.717, 1.165) is 21.9 Å². The van der Waals surface area contributed by atoms with Crippen LogP contribution in [0, 0.1) is 33.5 Å². The Morgan fingerprint density at radius 2 is 1.69 bits per heavy atom. The van der Waals surface area contributed by atoms with E-state index in [4.69, 9.17) is 0 Å². The Labute approximate surface area is 275 Å². The highest BCUT2D eigenvalue weighted by Crippen LogP contribution is 2.24. The lowest BCUT2D eigenvalue weighted by atomic mass is 9.97. The fourth-order valence-electron chi connectivity index (χ4n) is 5.63. The average Bonchev–Trinajstić information content (AvgIpc) is 3.49. The van der Waals surface area contributed by atoms with Crippen LogP contribution >= 0.6 is 0 Å². The first-order valence-corrected chi connectivity index (χ1v) is 15.5. The van der Waals surface area contributed by atoms with E-state index in [0.29, 0.717) is 30.8 Å². The number of carbonyl (C=O) groups is 2. The minimum atomic E-state index is -1.31. The van der Waals surface area contributed by atoms with Gasteiger partial charge in [0.2, 0.25) is 5.91 Å². The molecule has 0 saturated heterocycles. The van der Waals surface area contributed by atoms with Gasteiger partial charge in [0.25, 0.3) is 11.6 Å². The molecule has 0 aliphatic carbocycles. The van der Waals surface area contributed by atoms with E-state index in [2.05, 4.69) is 10.3 Å². The summed E-state index contributed by atoms with van der Waals surface area (Å²) in [5, 5.41) is 15.8. The van der Waals surface area contributed by atoms with Crippen LogP contribution in [0.15, 0.2) is 91.4 Å². The van der Waals surface area contributed by atoms with Crippen LogP contribution in [0.5, 0.6) is 0 Å². The predicted octanol–water partition coefficient (Wildman–Crippen LogP) is 6.83. The van der Waals surface area contributed by atoms with E-state index in [1.54, 1.807) is 29.2 Å². The first-order valence-electron chi connectivity index (χ1n) is 15.5. The number of carbonyl (C=O) groups excluding carboxylic acids is 2. The number of imidazole rings is 1. The molecule has 4 aromatic carbocycles. The molecule has 0 saturated carbocycles. The molecule has 1 N–H and O–H groups in total. The molecule has 0 aliphatic rings. The number of nitro benzene ring substituents is 1. The molecule has 1 heterocycles. The number of non-ortho nitro benzene ring substituents is 1. The van der Waals surface area contributed by atoms with Crippen LogP contribution in [0.1, 0.15) is 47.4 Å². The van der Waals surface area contributed by atoms with E-state index in [1.807, 2.05) is 56.3 Å². The number of amides is 2. The monoisotopic (exact) mass is 657 g/mol. The molecule has 0 radical (unpaired) electrons. The molecule has 0 spiro atoms. The lowest BCUT2D eigenvalue weighted by Gasteiger charge is -2.32. The summed E-state index contributed by atoms with van der Waals surface area (Å²) < 4.78 is 45.3. The molecule has 2 atom stereocenters. The van der Waals surface area contributed by atoms with Gasteiger partial charge >= 0.3 is 0 Å². The fourth-order valence-corrected chi connectivity index (χ4v) is 5.63. The van der Waals surface area contributed by atoms with E-state index in [9.17, 15) is 32.9 Å². The van der Waals surface area contributed by atoms with Crippen LogP contribution in [-0.4, -0.2) is 43.8 Å². The molecule has 12 heteroatoms. The van der Waals surface area contributed by atoms with Gasteiger partial charge in [0.1, 0.15) is 23.0 Å². The minimum Gasteiger partial charge on any atom is -0.351 e. The second-order valence-electron chi connectivity index (χ2n) is 11.7. The van der Waals surface area contributed by atoms with Crippen molar-refractivity contribution in [1.82, 2.24) is 19.8 Å². The standard InChI is InChI=1S/C36H34F3N5O4/c1-3-23(2)33(41-34(45)17-29-18-40-22-43(29)19-24-11-13-28(14-12-24)44(47)48)21-42(36(46)35-31(38)15-27(37)16-32(35)39)20-26-9-6-8-25-7-4-5-10-30(25)26/h4-16,18,22-23,33H,3,17,19-21H2,1-2H3,(H,41,45)/t23-,33+/m0/s1. The van der Waals surface area contributed by atoms with Gasteiger partial charge in [-0.15, -0.1) is 0 Å². The molecule has 2 amide bonds. The minimum absolute atomic E-state index is 0.0265. The highest BCUT2D eigenvalue weighted by molar-refractivity contribution is 5.95. The predicted molar refractivity (Wildman–Crippen MR) is 175 cm³/mol. The number of nitrogens with one attached hydrogen (secondary N) is 1. The van der Waals surface area contributed by atoms with Gasteiger partial charge < -0.3 is 14.8 Å². The van der Waals surface area contributed by atoms with Crippen molar-refractivity contribution in [2.75, 3.05) is 6.54 Å². The first kappa shape index (κ1) is 33.8. The average molecular weight is 658 g/mol. The van der Waals surface area contributed by atoms with Crippen molar-refractivity contribution in [2.45, 2.75) is 45.8 Å². The molecule has 1 aromatic heterocycles. The maximum atomic E-state index is 14.9. The smallest absolute Gasteiger partial charge is 0.269 e. The summed E-state index contributed by atoms with van der Waals surface area (Å²) in [4.78, 5) is 43.3. The molecule has 0 aliphatic heterocycles. The van der Waals surface area contributed by atoms with Gasteiger partial charge in [0, 0.05) is 61.8 Å². The molecule has 5 aromatic rings. The van der Waals surface area contributed by atoms with Crippen LogP contribution in [-0.2, 0) is 24.3 Å². The molecular formula is C36H34F3N5O4. The van der Waals surface area contributed by atoms with Crippen molar-refractivity contribution >= 4 is 28.3 Å². The molecule has 9 nitrogen and oxygen atoms in total. The molecule has 248 valence electrons. The number of halogens is 3. The number of aromatic nitrogens is 2. The van der Waals surface area contributed by atoms with Crippen LogP contribution in [0.3, 0.4) is 0 Å². The van der Waals surface area contributed by atoms with Gasteiger partial charge in [-0.05, 0) is 27.8 Å². The summed E-state index contributed by atoms with van der Waals surface area (Å²) in [6.07, 6.45) is 3.68. The first-order chi connectivity index (χ1) is 23.0. The van der Waals surface area contributed by atoms with Crippen molar-refractivity contribution < 1.29 is 27.7 Å². The Kier molecular flexibility index (Phi) is 10.5. The van der Waals surface area contributed by atoms with Crippen LogP contribution in [0.2, 0.25) is 0 Å². The summed E-state index contributed by atoms with van der Waals surface area (Å²) in [7, 11) is 0. The van der Waals surface area contributed by atoms with Gasteiger partial charge in [0.05, 0.1) is 17.7 Å². The van der Waals surface area contributed by atoms with Crippen molar-refractivity contribution in [3.8, 4) is 0 Å². The quantitative estimate of drug-likeness (QED) is 0.110. The zero-order chi connectivity index (χ0) is 34.4. The number of nitrogens with zero attached hydrogens (tertiary/aromatic N) is 4. The van der Waals surface area contributed by atoms with E-state index in [-0.39, 0.29) is 37.0 Å². The highest BCUT2D eigenvalue weighted by atomic mass is 19.1. The summed E-state index contributed by atoms with van der Waals surface area (Å²) >= 11 is 0. The molecule has 48 heavy (non-hydrogen) atoms. The topological polar surface area (TPSA) is 110 Å². The third-order valence-corrected chi connectivity index (χ3v) is 8.48. The Morgan fingerprint density at radius 3 is 2.38 bits per heavy atom. The molecule has 0 fully saturated rings. The lowest BCUT2D eigenvalue weighted by molar-refractivity contribution is -0.384. The fraction of sp³-hybridized carbons (Fsp3) is 0.250. The van der Waals surface area contributed by atoms with Gasteiger partial charge in [0.15, 0.2) is 0 Å². The number of fused-ring (bicyclic) bond motifs is 1. The number of rotatable bonds is 13. The van der Waals surface area contributed by atoms with E-state index < -0.39 is 39.9 Å². The van der Waals surface area contributed by atoms with E-state index in [1.165, 1.54) is 17.0 Å². The second kappa shape index (κ2) is 14.9. The largest absolute Gasteiger partial charge is 0.351 e. The van der Waals surface area contributed by atoms with Gasteiger partial charge in [-0.2, -0.15) is 0 Å². The van der Waals surface area contributed by atoms with Gasteiger partial charge in [-0.25, -0.2) is 18.2 Å². The summed E-state index contributed by atoms with van der Waals surface area (Å²) in [5.74, 6) is -5.25. The van der Waals surface area contributed by atoms with Crippen molar-refractivity contribution in [1.29, 1.82) is 0 Å². The Bertz CT molecular complexity index is 1920. The maximum Gasteiger partial charge on any atom is 0.269 e. The normalized spacial score (nSPS) is 12.4. The summed E-state index contributed by atoms with van der Waals surface area (Å²) in [6, 6.07) is 19.5. The van der Waals surface area contributed by atoms with Gasteiger partial charge in [-0.3, -0.25) is 19.7 Å². The van der Waals surface area contributed by atoms with Crippen molar-refractivity contribution in [3.63, 3.8) is 0 Å². The third kappa shape index (κ3) is 7.88. The van der Waals surface area contributed by atoms with E-state index >= 15 is 0 Å². The van der Waals surface area contributed by atoms with Crippen LogP contribution in [0.25, 0.3) is 10.8 Å². The molecule has 0 bridgehead atoms. The number of nitro groups is 1. The molecule has 0 unspecified atom stereocenters. The zero-order valence-electron chi connectivity index (χ0n) is 26.4. The number of hydrogen-bond acceptors (Lipinski definition) is 5. The Morgan fingerprint density at radius 1 is 1.00 bits per heavy atom. The number of benzene rings is 4. The van der Waals surface area contributed by atoms with Crippen LogP contribution in [0.4, 0.5) is 18.9 Å². The Hall–Kier alpha value is -5.52. The maximum absolute atomic E-state index is 14.9. The number of hydrogen-bond donors (Lipinski definition) is 1. The zero-order valence-corrected chi connectivity index (χ0v) is 26.4. The third-order valence-electron chi connectivity index (χ3n) is 8.48. The summed E-state index contributed by atoms with van der Waals surface area (Å²) in [6.45, 7) is 4.06.